The van der Waals surface area contributed by atoms with E-state index in [1.165, 1.54) is 12.5 Å². The van der Waals surface area contributed by atoms with Gasteiger partial charge < -0.3 is 20.8 Å². The highest BCUT2D eigenvalue weighted by Gasteiger charge is 2.09. The van der Waals surface area contributed by atoms with Crippen LogP contribution in [-0.2, 0) is 11.3 Å². The standard InChI is InChI=1S/C15H13ClN4O2/c16-13-6-11(3-4-14(13)18)19-8-10(7-17)15(21)20-9-12-2-1-5-22-12/h1-6,8,19H,9,18H2,(H,20,21)/b10-8-. The number of benzene rings is 1. The normalized spacial score (nSPS) is 10.8. The zero-order valence-corrected chi connectivity index (χ0v) is 12.2. The first kappa shape index (κ1) is 15.5. The largest absolute Gasteiger partial charge is 0.467 e. The maximum absolute atomic E-state index is 11.9. The van der Waals surface area contributed by atoms with Gasteiger partial charge in [-0.3, -0.25) is 4.79 Å². The van der Waals surface area contributed by atoms with E-state index in [2.05, 4.69) is 10.6 Å². The minimum Gasteiger partial charge on any atom is -0.467 e. The molecule has 0 aliphatic rings. The average Bonchev–Trinajstić information content (AvgIpc) is 3.02. The molecule has 0 radical (unpaired) electrons. The van der Waals surface area contributed by atoms with Crippen molar-refractivity contribution in [1.29, 1.82) is 5.26 Å². The SMILES string of the molecule is N#C/C(=C/Nc1ccc(N)c(Cl)c1)C(=O)NCc1ccco1. The number of anilines is 2. The third-order valence-corrected chi connectivity index (χ3v) is 3.08. The predicted molar refractivity (Wildman–Crippen MR) is 83.7 cm³/mol. The Kier molecular flexibility index (Phi) is 5.07. The number of nitrogens with one attached hydrogen (secondary N) is 2. The molecule has 4 N–H and O–H groups in total. The van der Waals surface area contributed by atoms with Crippen LogP contribution in [0.1, 0.15) is 5.76 Å². The molecule has 0 spiro atoms. The van der Waals surface area contributed by atoms with Crippen LogP contribution in [0.15, 0.2) is 52.8 Å². The molecule has 0 atom stereocenters. The lowest BCUT2D eigenvalue weighted by atomic mass is 10.2. The summed E-state index contributed by atoms with van der Waals surface area (Å²) in [6.45, 7) is 0.207. The molecule has 22 heavy (non-hydrogen) atoms. The lowest BCUT2D eigenvalue weighted by molar-refractivity contribution is -0.117. The second-order valence-electron chi connectivity index (χ2n) is 4.31. The first-order valence-corrected chi connectivity index (χ1v) is 6.70. The van der Waals surface area contributed by atoms with E-state index in [0.717, 1.165) is 0 Å². The number of carbonyl (C=O) groups excluding carboxylic acids is 1. The summed E-state index contributed by atoms with van der Waals surface area (Å²) in [5, 5.41) is 14.8. The van der Waals surface area contributed by atoms with Gasteiger partial charge in [0.15, 0.2) is 0 Å². The van der Waals surface area contributed by atoms with Gasteiger partial charge in [0.1, 0.15) is 17.4 Å². The summed E-state index contributed by atoms with van der Waals surface area (Å²) in [7, 11) is 0. The van der Waals surface area contributed by atoms with Crippen LogP contribution in [0.5, 0.6) is 0 Å². The van der Waals surface area contributed by atoms with Gasteiger partial charge >= 0.3 is 0 Å². The summed E-state index contributed by atoms with van der Waals surface area (Å²) < 4.78 is 5.09. The van der Waals surface area contributed by atoms with Crippen LogP contribution in [0, 0.1) is 11.3 Å². The molecule has 7 heteroatoms. The summed E-state index contributed by atoms with van der Waals surface area (Å²) in [6, 6.07) is 10.2. The number of halogens is 1. The molecule has 1 aromatic heterocycles. The van der Waals surface area contributed by atoms with E-state index in [0.29, 0.717) is 22.2 Å². The smallest absolute Gasteiger partial charge is 0.263 e. The number of hydrogen-bond acceptors (Lipinski definition) is 5. The molecule has 1 aromatic carbocycles. The lowest BCUT2D eigenvalue weighted by Crippen LogP contribution is -2.24. The molecule has 0 bridgehead atoms. The molecule has 2 rings (SSSR count). The Morgan fingerprint density at radius 2 is 2.27 bits per heavy atom. The number of rotatable bonds is 5. The highest BCUT2D eigenvalue weighted by atomic mass is 35.5. The van der Waals surface area contributed by atoms with E-state index >= 15 is 0 Å². The van der Waals surface area contributed by atoms with Gasteiger partial charge in [0.25, 0.3) is 5.91 Å². The number of nitrogen functional groups attached to an aromatic ring is 1. The molecule has 0 unspecified atom stereocenters. The van der Waals surface area contributed by atoms with Crippen molar-refractivity contribution in [2.75, 3.05) is 11.1 Å². The zero-order valence-electron chi connectivity index (χ0n) is 11.5. The third kappa shape index (κ3) is 4.04. The zero-order chi connectivity index (χ0) is 15.9. The Morgan fingerprint density at radius 3 is 2.91 bits per heavy atom. The van der Waals surface area contributed by atoms with Crippen molar-refractivity contribution in [2.45, 2.75) is 6.54 Å². The van der Waals surface area contributed by atoms with Crippen LogP contribution >= 0.6 is 11.6 Å². The predicted octanol–water partition coefficient (Wildman–Crippen LogP) is 2.65. The highest BCUT2D eigenvalue weighted by Crippen LogP contribution is 2.22. The van der Waals surface area contributed by atoms with Gasteiger partial charge in [0.2, 0.25) is 0 Å². The van der Waals surface area contributed by atoms with Gasteiger partial charge in [0, 0.05) is 11.9 Å². The molecule has 0 saturated heterocycles. The van der Waals surface area contributed by atoms with Crippen molar-refractivity contribution in [3.8, 4) is 6.07 Å². The fraction of sp³-hybridized carbons (Fsp3) is 0.0667. The topological polar surface area (TPSA) is 104 Å². The number of carbonyl (C=O) groups is 1. The highest BCUT2D eigenvalue weighted by molar-refractivity contribution is 6.33. The summed E-state index contributed by atoms with van der Waals surface area (Å²) in [5.74, 6) is 0.0943. The van der Waals surface area contributed by atoms with E-state index in [-0.39, 0.29) is 12.1 Å². The van der Waals surface area contributed by atoms with Crippen LogP contribution in [-0.4, -0.2) is 5.91 Å². The van der Waals surface area contributed by atoms with Gasteiger partial charge in [-0.15, -0.1) is 0 Å². The van der Waals surface area contributed by atoms with E-state index in [1.807, 2.05) is 6.07 Å². The maximum atomic E-state index is 11.9. The fourth-order valence-corrected chi connectivity index (χ4v) is 1.78. The van der Waals surface area contributed by atoms with Crippen LogP contribution < -0.4 is 16.4 Å². The Labute approximate surface area is 132 Å². The molecular weight excluding hydrogens is 304 g/mol. The molecule has 1 heterocycles. The molecular formula is C15H13ClN4O2. The van der Waals surface area contributed by atoms with Crippen molar-refractivity contribution >= 4 is 28.9 Å². The van der Waals surface area contributed by atoms with Crippen LogP contribution in [0.25, 0.3) is 0 Å². The molecule has 1 amide bonds. The minimum absolute atomic E-state index is 0.0699. The summed E-state index contributed by atoms with van der Waals surface area (Å²) in [5.41, 5.74) is 6.60. The maximum Gasteiger partial charge on any atom is 0.263 e. The molecule has 2 aromatic rings. The molecule has 0 aliphatic heterocycles. The molecule has 112 valence electrons. The number of nitriles is 1. The number of hydrogen-bond donors (Lipinski definition) is 3. The first-order valence-electron chi connectivity index (χ1n) is 6.32. The second-order valence-corrected chi connectivity index (χ2v) is 4.72. The molecule has 0 fully saturated rings. The molecule has 0 aliphatic carbocycles. The van der Waals surface area contributed by atoms with E-state index < -0.39 is 5.91 Å². The van der Waals surface area contributed by atoms with Crippen molar-refractivity contribution < 1.29 is 9.21 Å². The summed E-state index contributed by atoms with van der Waals surface area (Å²) in [4.78, 5) is 11.9. The van der Waals surface area contributed by atoms with Gasteiger partial charge in [-0.25, -0.2) is 0 Å². The molecule has 0 saturated carbocycles. The van der Waals surface area contributed by atoms with Gasteiger partial charge in [0.05, 0.1) is 23.5 Å². The Morgan fingerprint density at radius 1 is 1.45 bits per heavy atom. The number of nitrogens with zero attached hydrogens (tertiary/aromatic N) is 1. The van der Waals surface area contributed by atoms with Crippen LogP contribution in [0.4, 0.5) is 11.4 Å². The Hall–Kier alpha value is -2.91. The average molecular weight is 317 g/mol. The Balaban J connectivity index is 1.99. The van der Waals surface area contributed by atoms with Crippen molar-refractivity contribution in [3.63, 3.8) is 0 Å². The number of amides is 1. The third-order valence-electron chi connectivity index (χ3n) is 2.75. The van der Waals surface area contributed by atoms with Crippen molar-refractivity contribution in [1.82, 2.24) is 5.32 Å². The minimum atomic E-state index is -0.507. The number of furan rings is 1. The van der Waals surface area contributed by atoms with Crippen LogP contribution in [0.2, 0.25) is 5.02 Å². The fourth-order valence-electron chi connectivity index (χ4n) is 1.60. The Bertz CT molecular complexity index is 732. The van der Waals surface area contributed by atoms with Crippen molar-refractivity contribution in [3.05, 3.63) is 59.2 Å². The molecule has 6 nitrogen and oxygen atoms in total. The number of nitrogens with two attached hydrogens (primary N) is 1. The quantitative estimate of drug-likeness (QED) is 0.447. The van der Waals surface area contributed by atoms with Crippen LogP contribution in [0.3, 0.4) is 0 Å². The lowest BCUT2D eigenvalue weighted by Gasteiger charge is -2.05. The summed E-state index contributed by atoms with van der Waals surface area (Å²) in [6.07, 6.45) is 2.81. The van der Waals surface area contributed by atoms with E-state index in [9.17, 15) is 4.79 Å². The van der Waals surface area contributed by atoms with E-state index in [4.69, 9.17) is 27.0 Å². The monoisotopic (exact) mass is 316 g/mol. The van der Waals surface area contributed by atoms with Gasteiger partial charge in [-0.1, -0.05) is 11.6 Å². The first-order chi connectivity index (χ1) is 10.6. The summed E-state index contributed by atoms with van der Waals surface area (Å²) >= 11 is 5.89. The van der Waals surface area contributed by atoms with Crippen molar-refractivity contribution in [2.24, 2.45) is 0 Å². The van der Waals surface area contributed by atoms with Gasteiger partial charge in [-0.05, 0) is 30.3 Å². The van der Waals surface area contributed by atoms with E-state index in [1.54, 1.807) is 30.3 Å². The van der Waals surface area contributed by atoms with Gasteiger partial charge in [-0.2, -0.15) is 5.26 Å². The second kappa shape index (κ2) is 7.20.